The van der Waals surface area contributed by atoms with Crippen molar-refractivity contribution in [2.45, 2.75) is 58.2 Å². The van der Waals surface area contributed by atoms with E-state index in [0.717, 1.165) is 19.3 Å². The zero-order valence-electron chi connectivity index (χ0n) is 14.2. The Labute approximate surface area is 136 Å². The summed E-state index contributed by atoms with van der Waals surface area (Å²) in [7, 11) is 1.26. The third-order valence-electron chi connectivity index (χ3n) is 4.76. The summed E-state index contributed by atoms with van der Waals surface area (Å²) >= 11 is 0. The molecule has 1 N–H and O–H groups in total. The SMILES string of the molecule is CCOC(=O)[C@@H]1[C@H]2CC[C@H](C2)N1C(=O)[C@@H](NC(=O)OC)C(C)C. The number of hydrogen-bond donors (Lipinski definition) is 1. The second-order valence-electron chi connectivity index (χ2n) is 6.53. The van der Waals surface area contributed by atoms with Gasteiger partial charge in [0.05, 0.1) is 13.7 Å². The Morgan fingerprint density at radius 1 is 1.26 bits per heavy atom. The lowest BCUT2D eigenvalue weighted by molar-refractivity contribution is -0.158. The van der Waals surface area contributed by atoms with E-state index in [1.54, 1.807) is 11.8 Å². The van der Waals surface area contributed by atoms with Crippen LogP contribution >= 0.6 is 0 Å². The van der Waals surface area contributed by atoms with Crippen LogP contribution in [-0.4, -0.2) is 54.7 Å². The number of ether oxygens (including phenoxy) is 2. The molecular weight excluding hydrogens is 300 g/mol. The van der Waals surface area contributed by atoms with Crippen LogP contribution in [0.2, 0.25) is 0 Å². The van der Waals surface area contributed by atoms with Gasteiger partial charge < -0.3 is 19.7 Å². The fraction of sp³-hybridized carbons (Fsp3) is 0.812. The Morgan fingerprint density at radius 3 is 2.52 bits per heavy atom. The van der Waals surface area contributed by atoms with Crippen molar-refractivity contribution in [3.63, 3.8) is 0 Å². The van der Waals surface area contributed by atoms with Crippen molar-refractivity contribution in [3.05, 3.63) is 0 Å². The molecule has 1 saturated heterocycles. The van der Waals surface area contributed by atoms with E-state index in [4.69, 9.17) is 4.74 Å². The van der Waals surface area contributed by atoms with Gasteiger partial charge in [-0.3, -0.25) is 4.79 Å². The number of piperidine rings is 1. The van der Waals surface area contributed by atoms with Crippen LogP contribution in [0.15, 0.2) is 0 Å². The van der Waals surface area contributed by atoms with Crippen LogP contribution in [0.1, 0.15) is 40.0 Å². The molecule has 23 heavy (non-hydrogen) atoms. The number of hydrogen-bond acceptors (Lipinski definition) is 5. The largest absolute Gasteiger partial charge is 0.464 e. The van der Waals surface area contributed by atoms with Crippen LogP contribution in [0.4, 0.5) is 4.79 Å². The number of carbonyl (C=O) groups excluding carboxylic acids is 3. The van der Waals surface area contributed by atoms with Crippen LogP contribution in [0.3, 0.4) is 0 Å². The zero-order valence-corrected chi connectivity index (χ0v) is 14.2. The molecule has 1 aliphatic carbocycles. The molecule has 4 atom stereocenters. The smallest absolute Gasteiger partial charge is 0.407 e. The van der Waals surface area contributed by atoms with Gasteiger partial charge in [0.1, 0.15) is 12.1 Å². The van der Waals surface area contributed by atoms with Crippen molar-refractivity contribution in [2.75, 3.05) is 13.7 Å². The fourth-order valence-corrected chi connectivity index (χ4v) is 3.70. The van der Waals surface area contributed by atoms with E-state index in [2.05, 4.69) is 10.1 Å². The third-order valence-corrected chi connectivity index (χ3v) is 4.76. The molecule has 0 unspecified atom stereocenters. The number of alkyl carbamates (subject to hydrolysis) is 1. The number of esters is 1. The normalized spacial score (nSPS) is 27.0. The molecular formula is C16H26N2O5. The van der Waals surface area contributed by atoms with E-state index in [-0.39, 0.29) is 29.8 Å². The summed E-state index contributed by atoms with van der Waals surface area (Å²) in [5.74, 6) is -0.512. The summed E-state index contributed by atoms with van der Waals surface area (Å²) < 4.78 is 9.76. The molecule has 2 bridgehead atoms. The summed E-state index contributed by atoms with van der Waals surface area (Å²) in [6.07, 6.45) is 2.02. The maximum Gasteiger partial charge on any atom is 0.407 e. The third kappa shape index (κ3) is 3.43. The average Bonchev–Trinajstić information content (AvgIpc) is 3.12. The van der Waals surface area contributed by atoms with Gasteiger partial charge in [-0.05, 0) is 38.0 Å². The molecule has 1 heterocycles. The first-order valence-electron chi connectivity index (χ1n) is 8.24. The van der Waals surface area contributed by atoms with Crippen LogP contribution in [-0.2, 0) is 19.1 Å². The second-order valence-corrected chi connectivity index (χ2v) is 6.53. The van der Waals surface area contributed by atoms with Gasteiger partial charge in [-0.25, -0.2) is 9.59 Å². The van der Waals surface area contributed by atoms with Crippen molar-refractivity contribution in [2.24, 2.45) is 11.8 Å². The van der Waals surface area contributed by atoms with E-state index in [1.165, 1.54) is 7.11 Å². The van der Waals surface area contributed by atoms with Crippen molar-refractivity contribution in [1.82, 2.24) is 10.2 Å². The Morgan fingerprint density at radius 2 is 1.96 bits per heavy atom. The first-order chi connectivity index (χ1) is 10.9. The predicted molar refractivity (Wildman–Crippen MR) is 82.6 cm³/mol. The Bertz CT molecular complexity index is 479. The molecule has 2 aliphatic rings. The number of carbonyl (C=O) groups is 3. The summed E-state index contributed by atoms with van der Waals surface area (Å²) in [4.78, 5) is 38.5. The molecule has 2 rings (SSSR count). The number of likely N-dealkylation sites (tertiary alicyclic amines) is 1. The summed E-state index contributed by atoms with van der Waals surface area (Å²) in [6.45, 7) is 5.76. The predicted octanol–water partition coefficient (Wildman–Crippen LogP) is 1.31. The van der Waals surface area contributed by atoms with Crippen molar-refractivity contribution in [1.29, 1.82) is 0 Å². The molecule has 0 aromatic rings. The minimum absolute atomic E-state index is 0.0580. The lowest BCUT2D eigenvalue weighted by atomic mass is 9.96. The molecule has 0 spiro atoms. The van der Waals surface area contributed by atoms with Crippen LogP contribution in [0.25, 0.3) is 0 Å². The van der Waals surface area contributed by atoms with Gasteiger partial charge in [-0.2, -0.15) is 0 Å². The fourth-order valence-electron chi connectivity index (χ4n) is 3.70. The molecule has 2 fully saturated rings. The number of amides is 2. The lowest BCUT2D eigenvalue weighted by Crippen LogP contribution is -2.58. The maximum absolute atomic E-state index is 13.0. The molecule has 0 aromatic heterocycles. The van der Waals surface area contributed by atoms with Gasteiger partial charge in [0, 0.05) is 6.04 Å². The number of rotatable bonds is 5. The second kappa shape index (κ2) is 7.19. The monoisotopic (exact) mass is 326 g/mol. The molecule has 1 aliphatic heterocycles. The quantitative estimate of drug-likeness (QED) is 0.770. The van der Waals surface area contributed by atoms with Crippen LogP contribution in [0.5, 0.6) is 0 Å². The van der Waals surface area contributed by atoms with Crippen molar-refractivity contribution >= 4 is 18.0 Å². The molecule has 0 aromatic carbocycles. The average molecular weight is 326 g/mol. The maximum atomic E-state index is 13.0. The molecule has 130 valence electrons. The summed E-state index contributed by atoms with van der Waals surface area (Å²) in [6, 6.07) is -1.18. The standard InChI is InChI=1S/C16H26N2O5/c1-5-23-15(20)13-10-6-7-11(8-10)18(13)14(19)12(9(2)3)17-16(21)22-4/h9-13H,5-8H2,1-4H3,(H,17,21)/t10-,11+,12-,13-/m0/s1. The minimum Gasteiger partial charge on any atom is -0.464 e. The van der Waals surface area contributed by atoms with E-state index in [1.807, 2.05) is 13.8 Å². The number of nitrogens with zero attached hydrogens (tertiary/aromatic N) is 1. The highest BCUT2D eigenvalue weighted by Crippen LogP contribution is 2.43. The highest BCUT2D eigenvalue weighted by molar-refractivity contribution is 5.91. The number of fused-ring (bicyclic) bond motifs is 2. The zero-order chi connectivity index (χ0) is 17.1. The molecule has 7 heteroatoms. The van der Waals surface area contributed by atoms with E-state index in [9.17, 15) is 14.4 Å². The van der Waals surface area contributed by atoms with E-state index >= 15 is 0 Å². The Kier molecular flexibility index (Phi) is 5.49. The summed E-state index contributed by atoms with van der Waals surface area (Å²) in [5, 5.41) is 2.59. The Balaban J connectivity index is 2.20. The number of methoxy groups -OCH3 is 1. The van der Waals surface area contributed by atoms with Crippen molar-refractivity contribution < 1.29 is 23.9 Å². The highest BCUT2D eigenvalue weighted by Gasteiger charge is 2.53. The Hall–Kier alpha value is -1.79. The highest BCUT2D eigenvalue weighted by atomic mass is 16.5. The molecule has 1 saturated carbocycles. The molecule has 0 radical (unpaired) electrons. The van der Waals surface area contributed by atoms with Gasteiger partial charge in [-0.15, -0.1) is 0 Å². The van der Waals surface area contributed by atoms with Gasteiger partial charge in [-0.1, -0.05) is 13.8 Å². The molecule has 2 amide bonds. The lowest BCUT2D eigenvalue weighted by Gasteiger charge is -2.37. The van der Waals surface area contributed by atoms with Crippen molar-refractivity contribution in [3.8, 4) is 0 Å². The van der Waals surface area contributed by atoms with Gasteiger partial charge >= 0.3 is 12.1 Å². The van der Waals surface area contributed by atoms with E-state index in [0.29, 0.717) is 6.61 Å². The van der Waals surface area contributed by atoms with Crippen LogP contribution < -0.4 is 5.32 Å². The first kappa shape index (κ1) is 17.6. The first-order valence-corrected chi connectivity index (χ1v) is 8.24. The van der Waals surface area contributed by atoms with Gasteiger partial charge in [0.25, 0.3) is 0 Å². The number of nitrogens with one attached hydrogen (secondary N) is 1. The van der Waals surface area contributed by atoms with E-state index < -0.39 is 18.2 Å². The summed E-state index contributed by atoms with van der Waals surface area (Å²) in [5.41, 5.74) is 0. The van der Waals surface area contributed by atoms with Crippen LogP contribution in [0, 0.1) is 11.8 Å². The van der Waals surface area contributed by atoms with Gasteiger partial charge in [0.2, 0.25) is 5.91 Å². The minimum atomic E-state index is -0.710. The van der Waals surface area contributed by atoms with Gasteiger partial charge in [0.15, 0.2) is 0 Å². The topological polar surface area (TPSA) is 84.9 Å². The molecule has 7 nitrogen and oxygen atoms in total.